The summed E-state index contributed by atoms with van der Waals surface area (Å²) in [4.78, 5) is 0. The van der Waals surface area contributed by atoms with Crippen LogP contribution in [0.1, 0.15) is 29.3 Å². The van der Waals surface area contributed by atoms with E-state index in [0.717, 1.165) is 17.8 Å². The third kappa shape index (κ3) is 1.90. The Balaban J connectivity index is 2.30. The summed E-state index contributed by atoms with van der Waals surface area (Å²) >= 11 is 0. The quantitative estimate of drug-likeness (QED) is 0.747. The van der Waals surface area contributed by atoms with Crippen LogP contribution in [0.15, 0.2) is 12.2 Å². The van der Waals surface area contributed by atoms with Gasteiger partial charge in [0.25, 0.3) is 0 Å². The predicted octanol–water partition coefficient (Wildman–Crippen LogP) is 0.897. The molecule has 4 nitrogen and oxygen atoms in total. The zero-order valence-corrected chi connectivity index (χ0v) is 9.72. The molecule has 0 aliphatic heterocycles. The number of nitrogens with zero attached hydrogens (tertiary/aromatic N) is 2. The molecule has 1 aliphatic rings. The lowest BCUT2D eigenvalue weighted by Gasteiger charge is -2.10. The monoisotopic (exact) mass is 222 g/mol. The highest BCUT2D eigenvalue weighted by Gasteiger charge is 2.24. The maximum atomic E-state index is 9.50. The van der Waals surface area contributed by atoms with Crippen molar-refractivity contribution in [2.24, 2.45) is 0 Å². The zero-order chi connectivity index (χ0) is 11.7. The van der Waals surface area contributed by atoms with Gasteiger partial charge in [0.2, 0.25) is 0 Å². The van der Waals surface area contributed by atoms with Crippen LogP contribution in [-0.4, -0.2) is 32.7 Å². The minimum Gasteiger partial charge on any atom is -0.394 e. The summed E-state index contributed by atoms with van der Waals surface area (Å²) in [6.45, 7) is 4.63. The molecule has 1 aromatic heterocycles. The Kier molecular flexibility index (Phi) is 3.12. The predicted molar refractivity (Wildman–Crippen MR) is 61.3 cm³/mol. The first-order valence-electron chi connectivity index (χ1n) is 5.64. The molecule has 88 valence electrons. The van der Waals surface area contributed by atoms with Crippen molar-refractivity contribution in [3.8, 4) is 0 Å². The summed E-state index contributed by atoms with van der Waals surface area (Å²) < 4.78 is 1.84. The average molecular weight is 222 g/mol. The minimum absolute atomic E-state index is 0.102. The van der Waals surface area contributed by atoms with E-state index >= 15 is 0 Å². The Hall–Kier alpha value is -1.13. The average Bonchev–Trinajstić information content (AvgIpc) is 2.74. The van der Waals surface area contributed by atoms with Crippen molar-refractivity contribution in [1.82, 2.24) is 9.78 Å². The molecule has 2 N–H and O–H groups in total. The molecule has 0 spiro atoms. The van der Waals surface area contributed by atoms with E-state index in [1.807, 2.05) is 30.7 Å². The van der Waals surface area contributed by atoms with Gasteiger partial charge in [-0.05, 0) is 20.3 Å². The van der Waals surface area contributed by atoms with Crippen molar-refractivity contribution >= 4 is 0 Å². The number of allylic oxidation sites excluding steroid dienone is 1. The molecule has 0 fully saturated rings. The van der Waals surface area contributed by atoms with Gasteiger partial charge in [0.15, 0.2) is 0 Å². The third-order valence-corrected chi connectivity index (χ3v) is 3.18. The Morgan fingerprint density at radius 3 is 2.75 bits per heavy atom. The fourth-order valence-electron chi connectivity index (χ4n) is 2.45. The van der Waals surface area contributed by atoms with Crippen molar-refractivity contribution in [1.29, 1.82) is 0 Å². The molecule has 0 saturated carbocycles. The van der Waals surface area contributed by atoms with Gasteiger partial charge in [-0.25, -0.2) is 0 Å². The highest BCUT2D eigenvalue weighted by atomic mass is 16.3. The van der Waals surface area contributed by atoms with Gasteiger partial charge in [-0.2, -0.15) is 5.10 Å². The maximum absolute atomic E-state index is 9.50. The second-order valence-corrected chi connectivity index (χ2v) is 4.33. The molecule has 0 bridgehead atoms. The number of aliphatic hydroxyl groups excluding tert-OH is 2. The van der Waals surface area contributed by atoms with Gasteiger partial charge in [0.05, 0.1) is 24.9 Å². The fraction of sp³-hybridized carbons (Fsp3) is 0.583. The van der Waals surface area contributed by atoms with Crippen molar-refractivity contribution in [2.45, 2.75) is 38.8 Å². The third-order valence-electron chi connectivity index (χ3n) is 3.18. The Bertz CT molecular complexity index is 409. The summed E-state index contributed by atoms with van der Waals surface area (Å²) in [7, 11) is 0. The van der Waals surface area contributed by atoms with E-state index in [2.05, 4.69) is 5.10 Å². The van der Waals surface area contributed by atoms with E-state index in [9.17, 15) is 5.11 Å². The molecule has 0 aromatic carbocycles. The summed E-state index contributed by atoms with van der Waals surface area (Å²) in [5, 5.41) is 22.8. The van der Waals surface area contributed by atoms with Crippen molar-refractivity contribution in [3.63, 3.8) is 0 Å². The smallest absolute Gasteiger partial charge is 0.0730 e. The standard InChI is InChI=1S/C12H18N2O2/c1-8-12(10-3-4-11(16)7-10)9(2)14(13-8)5-6-15/h3-4,10-11,15-16H,5-7H2,1-2H3. The normalized spacial score (nSPS) is 24.2. The van der Waals surface area contributed by atoms with E-state index in [1.165, 1.54) is 5.56 Å². The Labute approximate surface area is 95.2 Å². The van der Waals surface area contributed by atoms with Gasteiger partial charge in [0, 0.05) is 17.2 Å². The molecule has 2 atom stereocenters. The number of aromatic nitrogens is 2. The van der Waals surface area contributed by atoms with Crippen LogP contribution in [0.2, 0.25) is 0 Å². The lowest BCUT2D eigenvalue weighted by Crippen LogP contribution is -2.07. The molecule has 4 heteroatoms. The summed E-state index contributed by atoms with van der Waals surface area (Å²) in [5.74, 6) is 0.266. The fourth-order valence-corrected chi connectivity index (χ4v) is 2.45. The van der Waals surface area contributed by atoms with Gasteiger partial charge in [-0.3, -0.25) is 4.68 Å². The first-order chi connectivity index (χ1) is 7.63. The molecule has 0 saturated heterocycles. The van der Waals surface area contributed by atoms with Crippen LogP contribution < -0.4 is 0 Å². The molecule has 1 aliphatic carbocycles. The number of hydrogen-bond donors (Lipinski definition) is 2. The molecule has 2 rings (SSSR count). The second kappa shape index (κ2) is 4.39. The summed E-state index contributed by atoms with van der Waals surface area (Å²) in [6.07, 6.45) is 4.30. The van der Waals surface area contributed by atoms with Crippen LogP contribution in [0.5, 0.6) is 0 Å². The van der Waals surface area contributed by atoms with Crippen LogP contribution in [0.3, 0.4) is 0 Å². The molecule has 0 amide bonds. The van der Waals surface area contributed by atoms with E-state index in [1.54, 1.807) is 0 Å². The molecule has 1 aromatic rings. The van der Waals surface area contributed by atoms with E-state index in [-0.39, 0.29) is 18.6 Å². The number of aryl methyl sites for hydroxylation is 1. The molecule has 1 heterocycles. The van der Waals surface area contributed by atoms with Crippen molar-refractivity contribution < 1.29 is 10.2 Å². The lowest BCUT2D eigenvalue weighted by molar-refractivity contribution is 0.218. The highest BCUT2D eigenvalue weighted by molar-refractivity contribution is 5.34. The second-order valence-electron chi connectivity index (χ2n) is 4.33. The van der Waals surface area contributed by atoms with Gasteiger partial charge in [0.1, 0.15) is 0 Å². The lowest BCUT2D eigenvalue weighted by atomic mass is 9.96. The van der Waals surface area contributed by atoms with Crippen molar-refractivity contribution in [2.75, 3.05) is 6.61 Å². The SMILES string of the molecule is Cc1nn(CCO)c(C)c1C1C=CC(O)C1. The van der Waals surface area contributed by atoms with Gasteiger partial charge in [-0.1, -0.05) is 12.2 Å². The van der Waals surface area contributed by atoms with Gasteiger partial charge in [-0.15, -0.1) is 0 Å². The maximum Gasteiger partial charge on any atom is 0.0730 e. The molecular formula is C12H18N2O2. The zero-order valence-electron chi connectivity index (χ0n) is 9.72. The Morgan fingerprint density at radius 2 is 2.19 bits per heavy atom. The van der Waals surface area contributed by atoms with Crippen LogP contribution in [0.25, 0.3) is 0 Å². The van der Waals surface area contributed by atoms with Crippen LogP contribution >= 0.6 is 0 Å². The highest BCUT2D eigenvalue weighted by Crippen LogP contribution is 2.32. The van der Waals surface area contributed by atoms with Gasteiger partial charge >= 0.3 is 0 Å². The van der Waals surface area contributed by atoms with Crippen LogP contribution in [0.4, 0.5) is 0 Å². The topological polar surface area (TPSA) is 58.3 Å². The number of aliphatic hydroxyl groups is 2. The van der Waals surface area contributed by atoms with E-state index < -0.39 is 0 Å². The Morgan fingerprint density at radius 1 is 1.44 bits per heavy atom. The molecule has 16 heavy (non-hydrogen) atoms. The first-order valence-corrected chi connectivity index (χ1v) is 5.64. The van der Waals surface area contributed by atoms with E-state index in [4.69, 9.17) is 5.11 Å². The largest absolute Gasteiger partial charge is 0.394 e. The number of rotatable bonds is 3. The molecule has 2 unspecified atom stereocenters. The van der Waals surface area contributed by atoms with Gasteiger partial charge < -0.3 is 10.2 Å². The number of hydrogen-bond acceptors (Lipinski definition) is 3. The molecular weight excluding hydrogens is 204 g/mol. The first kappa shape index (κ1) is 11.4. The summed E-state index contributed by atoms with van der Waals surface area (Å²) in [5.41, 5.74) is 3.28. The molecule has 0 radical (unpaired) electrons. The van der Waals surface area contributed by atoms with Crippen molar-refractivity contribution in [3.05, 3.63) is 29.1 Å². The summed E-state index contributed by atoms with van der Waals surface area (Å²) in [6, 6.07) is 0. The van der Waals surface area contributed by atoms with Crippen LogP contribution in [-0.2, 0) is 6.54 Å². The van der Waals surface area contributed by atoms with E-state index in [0.29, 0.717) is 6.54 Å². The minimum atomic E-state index is -0.329. The van der Waals surface area contributed by atoms with Crippen LogP contribution in [0, 0.1) is 13.8 Å².